The number of fused-ring (bicyclic) bond motifs is 2. The number of benzene rings is 1. The van der Waals surface area contributed by atoms with Crippen LogP contribution in [0, 0.1) is 16.7 Å². The third-order valence-corrected chi connectivity index (χ3v) is 7.34. The summed E-state index contributed by atoms with van der Waals surface area (Å²) in [6.45, 7) is 12.6. The van der Waals surface area contributed by atoms with Crippen molar-refractivity contribution in [1.29, 1.82) is 0 Å². The molecule has 2 aliphatic rings. The standard InChI is InChI=1S/C23H36O3/c1-21(2)11-8-19-22(3,4)9-7-10-23(19,5)12-13-26-20-17(21)14-16(25-6)15-18(20)24/h14-15,19,24H,7-13H2,1-6H3. The van der Waals surface area contributed by atoms with Crippen molar-refractivity contribution in [3.63, 3.8) is 0 Å². The molecule has 26 heavy (non-hydrogen) atoms. The topological polar surface area (TPSA) is 38.7 Å². The molecule has 1 aromatic carbocycles. The predicted molar refractivity (Wildman–Crippen MR) is 106 cm³/mol. The van der Waals surface area contributed by atoms with Gasteiger partial charge in [-0.25, -0.2) is 0 Å². The maximum Gasteiger partial charge on any atom is 0.164 e. The van der Waals surface area contributed by atoms with Crippen LogP contribution in [0.2, 0.25) is 0 Å². The Hall–Kier alpha value is -1.38. The lowest BCUT2D eigenvalue weighted by Gasteiger charge is -2.52. The molecule has 0 bridgehead atoms. The van der Waals surface area contributed by atoms with E-state index >= 15 is 0 Å². The molecular formula is C23H36O3. The molecule has 1 aromatic rings. The van der Waals surface area contributed by atoms with Gasteiger partial charge in [0.25, 0.3) is 0 Å². The van der Waals surface area contributed by atoms with Gasteiger partial charge in [0.15, 0.2) is 11.5 Å². The van der Waals surface area contributed by atoms with Gasteiger partial charge in [-0.1, -0.05) is 41.0 Å². The van der Waals surface area contributed by atoms with Crippen molar-refractivity contribution in [3.05, 3.63) is 17.7 Å². The first-order valence-electron chi connectivity index (χ1n) is 10.1. The molecule has 1 aliphatic carbocycles. The highest BCUT2D eigenvalue weighted by Crippen LogP contribution is 2.56. The first-order valence-corrected chi connectivity index (χ1v) is 10.1. The van der Waals surface area contributed by atoms with Gasteiger partial charge < -0.3 is 14.6 Å². The Morgan fingerprint density at radius 2 is 1.77 bits per heavy atom. The maximum atomic E-state index is 10.6. The first kappa shape index (κ1) is 19.4. The SMILES string of the molecule is COc1cc(O)c2c(c1)C(C)(C)CCC1C(C)(C)CCCC1(C)CCO2. The molecule has 1 heterocycles. The van der Waals surface area contributed by atoms with E-state index in [9.17, 15) is 5.11 Å². The lowest BCUT2D eigenvalue weighted by Crippen LogP contribution is -2.44. The number of aromatic hydroxyl groups is 1. The summed E-state index contributed by atoms with van der Waals surface area (Å²) in [6.07, 6.45) is 7.26. The van der Waals surface area contributed by atoms with Crippen LogP contribution in [0.1, 0.15) is 78.7 Å². The van der Waals surface area contributed by atoms with E-state index in [-0.39, 0.29) is 11.2 Å². The summed E-state index contributed by atoms with van der Waals surface area (Å²) in [5.41, 5.74) is 1.68. The molecule has 0 aromatic heterocycles. The minimum atomic E-state index is -0.0763. The van der Waals surface area contributed by atoms with Gasteiger partial charge in [0.2, 0.25) is 0 Å². The van der Waals surface area contributed by atoms with E-state index in [0.29, 0.717) is 34.9 Å². The van der Waals surface area contributed by atoms with Crippen LogP contribution in [0.15, 0.2) is 12.1 Å². The van der Waals surface area contributed by atoms with Crippen LogP contribution in [0.5, 0.6) is 17.2 Å². The summed E-state index contributed by atoms with van der Waals surface area (Å²) in [6, 6.07) is 3.71. The number of methoxy groups -OCH3 is 1. The molecule has 0 amide bonds. The van der Waals surface area contributed by atoms with Crippen molar-refractivity contribution in [1.82, 2.24) is 0 Å². The fraction of sp³-hybridized carbons (Fsp3) is 0.739. The van der Waals surface area contributed by atoms with Gasteiger partial charge in [-0.15, -0.1) is 0 Å². The monoisotopic (exact) mass is 360 g/mol. The minimum absolute atomic E-state index is 0.0763. The fourth-order valence-corrected chi connectivity index (χ4v) is 5.66. The average molecular weight is 361 g/mol. The van der Waals surface area contributed by atoms with Crippen LogP contribution in [0.4, 0.5) is 0 Å². The molecule has 1 saturated carbocycles. The van der Waals surface area contributed by atoms with Crippen molar-refractivity contribution in [2.45, 2.75) is 78.6 Å². The van der Waals surface area contributed by atoms with Crippen molar-refractivity contribution in [2.24, 2.45) is 16.7 Å². The normalized spacial score (nSPS) is 30.5. The van der Waals surface area contributed by atoms with Gasteiger partial charge >= 0.3 is 0 Å². The number of hydrogen-bond acceptors (Lipinski definition) is 3. The Labute approximate surface area is 159 Å². The van der Waals surface area contributed by atoms with E-state index in [1.54, 1.807) is 13.2 Å². The van der Waals surface area contributed by atoms with Crippen LogP contribution in [0.3, 0.4) is 0 Å². The Bertz CT molecular complexity index is 662. The molecule has 2 unspecified atom stereocenters. The third-order valence-electron chi connectivity index (χ3n) is 7.34. The first-order chi connectivity index (χ1) is 12.1. The molecular weight excluding hydrogens is 324 g/mol. The Kier molecular flexibility index (Phi) is 4.96. The maximum absolute atomic E-state index is 10.6. The largest absolute Gasteiger partial charge is 0.504 e. The van der Waals surface area contributed by atoms with E-state index in [1.165, 1.54) is 25.7 Å². The highest BCUT2D eigenvalue weighted by Gasteiger charge is 2.47. The summed E-state index contributed by atoms with van der Waals surface area (Å²) in [7, 11) is 1.64. The molecule has 1 N–H and O–H groups in total. The molecule has 0 spiro atoms. The highest BCUT2D eigenvalue weighted by molar-refractivity contribution is 5.53. The molecule has 3 rings (SSSR count). The summed E-state index contributed by atoms with van der Waals surface area (Å²) in [5.74, 6) is 2.23. The van der Waals surface area contributed by atoms with Gasteiger partial charge in [-0.05, 0) is 60.3 Å². The zero-order chi connectivity index (χ0) is 19.2. The number of rotatable bonds is 1. The van der Waals surface area contributed by atoms with Crippen molar-refractivity contribution in [3.8, 4) is 17.2 Å². The quantitative estimate of drug-likeness (QED) is 0.660. The minimum Gasteiger partial charge on any atom is -0.504 e. The van der Waals surface area contributed by atoms with Gasteiger partial charge in [0.1, 0.15) is 5.75 Å². The van der Waals surface area contributed by atoms with E-state index in [0.717, 1.165) is 18.4 Å². The molecule has 3 nitrogen and oxygen atoms in total. The van der Waals surface area contributed by atoms with Gasteiger partial charge in [0.05, 0.1) is 13.7 Å². The number of hydrogen-bond donors (Lipinski definition) is 1. The van der Waals surface area contributed by atoms with E-state index in [4.69, 9.17) is 9.47 Å². The number of ether oxygens (including phenoxy) is 2. The van der Waals surface area contributed by atoms with Crippen molar-refractivity contribution >= 4 is 0 Å². The van der Waals surface area contributed by atoms with Crippen LogP contribution in [-0.2, 0) is 5.41 Å². The molecule has 0 saturated heterocycles. The lowest BCUT2D eigenvalue weighted by atomic mass is 9.53. The lowest BCUT2D eigenvalue weighted by molar-refractivity contribution is -0.0236. The Balaban J connectivity index is 2.02. The summed E-state index contributed by atoms with van der Waals surface area (Å²) in [4.78, 5) is 0. The Morgan fingerprint density at radius 1 is 1.04 bits per heavy atom. The zero-order valence-corrected chi connectivity index (χ0v) is 17.4. The molecule has 1 fully saturated rings. The fourth-order valence-electron chi connectivity index (χ4n) is 5.66. The second kappa shape index (κ2) is 6.65. The molecule has 0 radical (unpaired) electrons. The van der Waals surface area contributed by atoms with Gasteiger partial charge in [-0.3, -0.25) is 0 Å². The van der Waals surface area contributed by atoms with Gasteiger partial charge in [0, 0.05) is 11.6 Å². The average Bonchev–Trinajstić information content (AvgIpc) is 2.54. The number of phenols is 1. The van der Waals surface area contributed by atoms with Crippen LogP contribution in [0.25, 0.3) is 0 Å². The Morgan fingerprint density at radius 3 is 2.46 bits per heavy atom. The van der Waals surface area contributed by atoms with E-state index < -0.39 is 0 Å². The van der Waals surface area contributed by atoms with Crippen LogP contribution in [-0.4, -0.2) is 18.8 Å². The van der Waals surface area contributed by atoms with Crippen molar-refractivity contribution < 1.29 is 14.6 Å². The molecule has 2 atom stereocenters. The predicted octanol–water partition coefficient (Wildman–Crippen LogP) is 6.07. The number of phenolic OH excluding ortho intramolecular Hbond substituents is 1. The molecule has 3 heteroatoms. The van der Waals surface area contributed by atoms with E-state index in [2.05, 4.69) is 34.6 Å². The van der Waals surface area contributed by atoms with E-state index in [1.807, 2.05) is 6.07 Å². The third kappa shape index (κ3) is 3.42. The van der Waals surface area contributed by atoms with Crippen LogP contribution >= 0.6 is 0 Å². The second-order valence-corrected chi connectivity index (χ2v) is 10.1. The second-order valence-electron chi connectivity index (χ2n) is 10.1. The summed E-state index contributed by atoms with van der Waals surface area (Å²) >= 11 is 0. The van der Waals surface area contributed by atoms with Crippen molar-refractivity contribution in [2.75, 3.05) is 13.7 Å². The molecule has 1 aliphatic heterocycles. The highest BCUT2D eigenvalue weighted by atomic mass is 16.5. The summed E-state index contributed by atoms with van der Waals surface area (Å²) < 4.78 is 11.6. The van der Waals surface area contributed by atoms with Gasteiger partial charge in [-0.2, -0.15) is 0 Å². The zero-order valence-electron chi connectivity index (χ0n) is 17.4. The molecule has 146 valence electrons. The summed E-state index contributed by atoms with van der Waals surface area (Å²) in [5, 5.41) is 10.6. The smallest absolute Gasteiger partial charge is 0.164 e. The van der Waals surface area contributed by atoms with Crippen LogP contribution < -0.4 is 9.47 Å².